The molecule has 2 saturated heterocycles. The van der Waals surface area contributed by atoms with Gasteiger partial charge in [-0.25, -0.2) is 18.4 Å². The number of hydrogen-bond donors (Lipinski definition) is 1. The molecule has 1 amide bonds. The van der Waals surface area contributed by atoms with Gasteiger partial charge in [0.15, 0.2) is 0 Å². The average molecular weight is 458 g/mol. The second kappa shape index (κ2) is 8.97. The minimum atomic E-state index is -3.76. The molecule has 1 aromatic carbocycles. The maximum Gasteiger partial charge on any atom is 0.243 e. The van der Waals surface area contributed by atoms with Crippen LogP contribution in [0.15, 0.2) is 54.3 Å². The number of β-amino-alcohol motifs (C(OH)–C–C–N with tert-alkyl or cyclic N) is 1. The Morgan fingerprint density at radius 2 is 1.81 bits per heavy atom. The van der Waals surface area contributed by atoms with Gasteiger partial charge in [-0.15, -0.1) is 0 Å². The SMILES string of the molecule is C=Cc1ccc(S(=O)(=O)N2CCN(CC3(O)CCN(c4ccncn4)CC3)C(=O)C2)cc1. The highest BCUT2D eigenvalue weighted by Crippen LogP contribution is 2.27. The van der Waals surface area contributed by atoms with E-state index in [0.29, 0.717) is 25.9 Å². The Morgan fingerprint density at radius 1 is 1.09 bits per heavy atom. The Hall–Kier alpha value is -2.82. The first-order valence-electron chi connectivity index (χ1n) is 10.5. The van der Waals surface area contributed by atoms with Crippen LogP contribution in [0.4, 0.5) is 5.82 Å². The lowest BCUT2D eigenvalue weighted by molar-refractivity contribution is -0.138. The number of amides is 1. The van der Waals surface area contributed by atoms with Gasteiger partial charge in [0.05, 0.1) is 17.0 Å². The van der Waals surface area contributed by atoms with Crippen LogP contribution < -0.4 is 4.90 Å². The van der Waals surface area contributed by atoms with Gasteiger partial charge in [0.25, 0.3) is 0 Å². The Labute approximate surface area is 188 Å². The predicted octanol–water partition coefficient (Wildman–Crippen LogP) is 0.984. The van der Waals surface area contributed by atoms with Gasteiger partial charge in [-0.05, 0) is 36.6 Å². The first-order valence-corrected chi connectivity index (χ1v) is 12.0. The highest BCUT2D eigenvalue weighted by atomic mass is 32.2. The molecule has 9 nitrogen and oxygen atoms in total. The van der Waals surface area contributed by atoms with Crippen LogP contribution in [0.2, 0.25) is 0 Å². The van der Waals surface area contributed by atoms with Crippen molar-refractivity contribution < 1.29 is 18.3 Å². The lowest BCUT2D eigenvalue weighted by atomic mass is 9.90. The van der Waals surface area contributed by atoms with E-state index in [2.05, 4.69) is 21.4 Å². The zero-order valence-electron chi connectivity index (χ0n) is 17.8. The largest absolute Gasteiger partial charge is 0.388 e. The van der Waals surface area contributed by atoms with Crippen LogP contribution in [0.25, 0.3) is 6.08 Å². The summed E-state index contributed by atoms with van der Waals surface area (Å²) in [7, 11) is -3.76. The Kier molecular flexibility index (Phi) is 6.27. The molecule has 0 aliphatic carbocycles. The summed E-state index contributed by atoms with van der Waals surface area (Å²) in [4.78, 5) is 24.7. The first-order chi connectivity index (χ1) is 15.3. The lowest BCUT2D eigenvalue weighted by Crippen LogP contribution is -2.58. The van der Waals surface area contributed by atoms with Crippen molar-refractivity contribution in [3.8, 4) is 0 Å². The van der Waals surface area contributed by atoms with Crippen molar-refractivity contribution >= 4 is 27.8 Å². The van der Waals surface area contributed by atoms with Crippen molar-refractivity contribution in [2.24, 2.45) is 0 Å². The molecule has 2 aliphatic rings. The number of hydrogen-bond acceptors (Lipinski definition) is 7. The minimum absolute atomic E-state index is 0.153. The second-order valence-corrected chi connectivity index (χ2v) is 10.1. The third kappa shape index (κ3) is 4.67. The van der Waals surface area contributed by atoms with Gasteiger partial charge in [0.2, 0.25) is 15.9 Å². The number of rotatable bonds is 6. The fraction of sp³-hybridized carbons (Fsp3) is 0.409. The highest BCUT2D eigenvalue weighted by molar-refractivity contribution is 7.89. The number of sulfonamides is 1. The monoisotopic (exact) mass is 457 g/mol. The molecule has 0 saturated carbocycles. The summed E-state index contributed by atoms with van der Waals surface area (Å²) < 4.78 is 27.1. The molecule has 2 aromatic rings. The van der Waals surface area contributed by atoms with E-state index < -0.39 is 15.6 Å². The third-order valence-electron chi connectivity index (χ3n) is 6.11. The van der Waals surface area contributed by atoms with Crippen LogP contribution in [0.5, 0.6) is 0 Å². The molecule has 2 fully saturated rings. The van der Waals surface area contributed by atoms with E-state index in [4.69, 9.17) is 0 Å². The van der Waals surface area contributed by atoms with Gasteiger partial charge < -0.3 is 14.9 Å². The first kappa shape index (κ1) is 22.4. The van der Waals surface area contributed by atoms with Gasteiger partial charge >= 0.3 is 0 Å². The summed E-state index contributed by atoms with van der Waals surface area (Å²) in [6.07, 6.45) is 5.82. The Bertz CT molecular complexity index is 1070. The molecular weight excluding hydrogens is 430 g/mol. The summed E-state index contributed by atoms with van der Waals surface area (Å²) in [5.41, 5.74) is -0.176. The van der Waals surface area contributed by atoms with E-state index in [1.54, 1.807) is 29.3 Å². The summed E-state index contributed by atoms with van der Waals surface area (Å²) >= 11 is 0. The summed E-state index contributed by atoms with van der Waals surface area (Å²) in [6.45, 7) is 5.33. The maximum atomic E-state index is 12.9. The zero-order chi connectivity index (χ0) is 22.8. The third-order valence-corrected chi connectivity index (χ3v) is 7.97. The lowest BCUT2D eigenvalue weighted by Gasteiger charge is -2.43. The molecule has 0 spiro atoms. The van der Waals surface area contributed by atoms with Crippen LogP contribution in [0.1, 0.15) is 18.4 Å². The normalized spacial score (nSPS) is 19.7. The number of piperazine rings is 1. The van der Waals surface area contributed by atoms with Crippen molar-refractivity contribution in [2.45, 2.75) is 23.3 Å². The predicted molar refractivity (Wildman–Crippen MR) is 120 cm³/mol. The van der Waals surface area contributed by atoms with E-state index in [1.807, 2.05) is 6.07 Å². The number of nitrogens with zero attached hydrogens (tertiary/aromatic N) is 5. The van der Waals surface area contributed by atoms with Crippen LogP contribution in [0, 0.1) is 0 Å². The molecule has 2 aliphatic heterocycles. The fourth-order valence-corrected chi connectivity index (χ4v) is 5.50. The average Bonchev–Trinajstić information content (AvgIpc) is 2.81. The standard InChI is InChI=1S/C22H27N5O4S/c1-2-18-3-5-19(6-4-18)32(30,31)27-14-13-26(21(28)15-27)16-22(29)8-11-25(12-9-22)20-7-10-23-17-24-20/h2-7,10,17,29H,1,8-9,11-16H2. The fourth-order valence-electron chi connectivity index (χ4n) is 4.12. The van der Waals surface area contributed by atoms with Gasteiger partial charge in [-0.3, -0.25) is 4.79 Å². The molecular formula is C22H27N5O4S. The molecule has 0 unspecified atom stereocenters. The number of carbonyl (C=O) groups excluding carboxylic acids is 1. The summed E-state index contributed by atoms with van der Waals surface area (Å²) in [5, 5.41) is 11.1. The van der Waals surface area contributed by atoms with Gasteiger partial charge in [0, 0.05) is 38.9 Å². The minimum Gasteiger partial charge on any atom is -0.388 e. The van der Waals surface area contributed by atoms with Gasteiger partial charge in [-0.1, -0.05) is 24.8 Å². The molecule has 3 heterocycles. The smallest absolute Gasteiger partial charge is 0.243 e. The van der Waals surface area contributed by atoms with Gasteiger partial charge in [-0.2, -0.15) is 4.31 Å². The Balaban J connectivity index is 1.35. The quantitative estimate of drug-likeness (QED) is 0.689. The molecule has 0 radical (unpaired) electrons. The van der Waals surface area contributed by atoms with Crippen LogP contribution in [-0.2, 0) is 14.8 Å². The molecule has 0 atom stereocenters. The number of piperidine rings is 1. The molecule has 10 heteroatoms. The summed E-state index contributed by atoms with van der Waals surface area (Å²) in [5.74, 6) is 0.521. The number of carbonyl (C=O) groups is 1. The van der Waals surface area contributed by atoms with Crippen molar-refractivity contribution in [2.75, 3.05) is 44.2 Å². The molecule has 1 N–H and O–H groups in total. The second-order valence-electron chi connectivity index (χ2n) is 8.21. The van der Waals surface area contributed by atoms with Gasteiger partial charge in [0.1, 0.15) is 12.1 Å². The van der Waals surface area contributed by atoms with E-state index in [9.17, 15) is 18.3 Å². The number of aliphatic hydroxyl groups is 1. The van der Waals surface area contributed by atoms with Crippen LogP contribution in [-0.4, -0.2) is 83.5 Å². The van der Waals surface area contributed by atoms with E-state index in [-0.39, 0.29) is 37.0 Å². The van der Waals surface area contributed by atoms with Crippen molar-refractivity contribution in [1.29, 1.82) is 0 Å². The molecule has 4 rings (SSSR count). The topological polar surface area (TPSA) is 107 Å². The molecule has 32 heavy (non-hydrogen) atoms. The van der Waals surface area contributed by atoms with E-state index >= 15 is 0 Å². The van der Waals surface area contributed by atoms with Crippen LogP contribution >= 0.6 is 0 Å². The van der Waals surface area contributed by atoms with Crippen LogP contribution in [0.3, 0.4) is 0 Å². The van der Waals surface area contributed by atoms with Crippen molar-refractivity contribution in [3.05, 3.63) is 55.0 Å². The maximum absolute atomic E-state index is 12.9. The van der Waals surface area contributed by atoms with E-state index in [0.717, 1.165) is 11.4 Å². The van der Waals surface area contributed by atoms with Crippen molar-refractivity contribution in [1.82, 2.24) is 19.2 Å². The van der Waals surface area contributed by atoms with Crippen molar-refractivity contribution in [3.63, 3.8) is 0 Å². The molecule has 170 valence electrons. The number of benzene rings is 1. The molecule has 0 bridgehead atoms. The number of aromatic nitrogens is 2. The molecule has 1 aromatic heterocycles. The Morgan fingerprint density at radius 3 is 2.41 bits per heavy atom. The number of anilines is 1. The van der Waals surface area contributed by atoms with E-state index in [1.165, 1.54) is 22.8 Å². The summed E-state index contributed by atoms with van der Waals surface area (Å²) in [6, 6.07) is 8.25. The highest BCUT2D eigenvalue weighted by Gasteiger charge is 2.39. The zero-order valence-corrected chi connectivity index (χ0v) is 18.6.